The van der Waals surface area contributed by atoms with E-state index in [1.807, 2.05) is 0 Å². The Labute approximate surface area is 157 Å². The molecule has 5 rings (SSSR count). The van der Waals surface area contributed by atoms with Gasteiger partial charge in [0.05, 0.1) is 19.1 Å². The number of aliphatic hydroxyl groups excluding tert-OH is 1. The Morgan fingerprint density at radius 2 is 2.19 bits per heavy atom. The molecule has 0 aromatic rings. The van der Waals surface area contributed by atoms with E-state index in [4.69, 9.17) is 15.2 Å². The smallest absolute Gasteiger partial charge is 0.316 e. The summed E-state index contributed by atoms with van der Waals surface area (Å²) < 4.78 is 11.1. The molecule has 4 aliphatic carbocycles. The average Bonchev–Trinajstić information content (AvgIpc) is 3.09. The van der Waals surface area contributed by atoms with Gasteiger partial charge in [0.25, 0.3) is 0 Å². The molecule has 1 heterocycles. The van der Waals surface area contributed by atoms with E-state index in [0.29, 0.717) is 19.3 Å². The highest BCUT2D eigenvalue weighted by Gasteiger charge is 2.84. The molecule has 0 radical (unpaired) electrons. The molecule has 1 unspecified atom stereocenters. The van der Waals surface area contributed by atoms with Gasteiger partial charge in [-0.25, -0.2) is 0 Å². The van der Waals surface area contributed by atoms with Crippen molar-refractivity contribution in [2.75, 3.05) is 13.7 Å². The van der Waals surface area contributed by atoms with Crippen molar-refractivity contribution in [3.05, 3.63) is 12.2 Å². The number of ketones is 1. The molecular weight excluding hydrogens is 350 g/mol. The predicted octanol–water partition coefficient (Wildman–Crippen LogP) is 0.342. The van der Waals surface area contributed by atoms with Crippen molar-refractivity contribution in [2.45, 2.75) is 44.3 Å². The molecule has 5 aliphatic rings. The summed E-state index contributed by atoms with van der Waals surface area (Å²) in [6.07, 6.45) is 4.45. The van der Waals surface area contributed by atoms with Crippen LogP contribution in [-0.4, -0.2) is 48.2 Å². The quantitative estimate of drug-likeness (QED) is 0.528. The zero-order valence-corrected chi connectivity index (χ0v) is 15.6. The van der Waals surface area contributed by atoms with Crippen LogP contribution in [0.2, 0.25) is 0 Å². The number of carbonyl (C=O) groups is 3. The number of ether oxygens (including phenoxy) is 2. The van der Waals surface area contributed by atoms with E-state index >= 15 is 0 Å². The molecule has 7 heteroatoms. The van der Waals surface area contributed by atoms with E-state index in [1.54, 1.807) is 19.1 Å². The number of hydrogen-bond acceptors (Lipinski definition) is 7. The Bertz CT molecular complexity index is 808. The molecule has 4 bridgehead atoms. The number of rotatable bonds is 2. The van der Waals surface area contributed by atoms with Gasteiger partial charge >= 0.3 is 11.9 Å². The van der Waals surface area contributed by atoms with Crippen LogP contribution in [0.3, 0.4) is 0 Å². The number of fused-ring (bicyclic) bond motifs is 1. The summed E-state index contributed by atoms with van der Waals surface area (Å²) in [5.74, 6) is -2.18. The Morgan fingerprint density at radius 1 is 1.44 bits per heavy atom. The average molecular weight is 375 g/mol. The van der Waals surface area contributed by atoms with Gasteiger partial charge in [-0.3, -0.25) is 14.4 Å². The number of carbonyl (C=O) groups excluding carboxylic acids is 3. The maximum atomic E-state index is 13.0. The number of nitrogens with two attached hydrogens (primary N) is 1. The van der Waals surface area contributed by atoms with E-state index in [-0.39, 0.29) is 24.7 Å². The van der Waals surface area contributed by atoms with E-state index in [2.05, 4.69) is 0 Å². The lowest BCUT2D eigenvalue weighted by Gasteiger charge is -2.45. The molecule has 7 nitrogen and oxygen atoms in total. The summed E-state index contributed by atoms with van der Waals surface area (Å²) in [6, 6.07) is 0. The molecule has 1 saturated heterocycles. The highest BCUT2D eigenvalue weighted by molar-refractivity contribution is 5.92. The maximum absolute atomic E-state index is 13.0. The molecule has 3 N–H and O–H groups in total. The van der Waals surface area contributed by atoms with Crippen molar-refractivity contribution in [3.63, 3.8) is 0 Å². The molecule has 0 aromatic carbocycles. The second kappa shape index (κ2) is 4.81. The molecule has 4 fully saturated rings. The van der Waals surface area contributed by atoms with E-state index in [9.17, 15) is 19.5 Å². The third kappa shape index (κ3) is 1.58. The predicted molar refractivity (Wildman–Crippen MR) is 92.0 cm³/mol. The van der Waals surface area contributed by atoms with Gasteiger partial charge in [0.1, 0.15) is 16.8 Å². The molecule has 3 saturated carbocycles. The summed E-state index contributed by atoms with van der Waals surface area (Å²) in [5, 5.41) is 10.7. The van der Waals surface area contributed by atoms with Crippen molar-refractivity contribution < 1.29 is 29.0 Å². The van der Waals surface area contributed by atoms with E-state index < -0.39 is 51.7 Å². The van der Waals surface area contributed by atoms with Crippen LogP contribution in [0.5, 0.6) is 0 Å². The van der Waals surface area contributed by atoms with Crippen molar-refractivity contribution >= 4 is 17.7 Å². The Balaban J connectivity index is 1.76. The summed E-state index contributed by atoms with van der Waals surface area (Å²) in [5.41, 5.74) is 2.59. The minimum absolute atomic E-state index is 0.105. The van der Waals surface area contributed by atoms with Crippen molar-refractivity contribution in [1.82, 2.24) is 0 Å². The fraction of sp³-hybridized carbons (Fsp3) is 0.750. The Hall–Kier alpha value is -1.73. The van der Waals surface area contributed by atoms with E-state index in [1.165, 1.54) is 7.11 Å². The monoisotopic (exact) mass is 375 g/mol. The summed E-state index contributed by atoms with van der Waals surface area (Å²) in [4.78, 5) is 38.9. The standard InChI is InChI=1S/C20H25NO6/c1-17-11(22)4-6-20(27-16(17)25)10-3-5-18(9-21)8-19(10,7-12(18)23)13(14(17)20)15(24)26-2/h4,6,10-11,13-14,22H,3,5,7-9,21H2,1-2H3/t10-,11+,13-,14?,17-,18+,19-,20-/m1/s1. The SMILES string of the molecule is COC(=O)[C@H]1C2[C@@]3(C=C[C@H](O)[C@@]2(C)C(=O)O3)[C@@H]2CC[C@@]3(CN)C[C@]21CC3=O. The largest absolute Gasteiger partial charge is 0.469 e. The summed E-state index contributed by atoms with van der Waals surface area (Å²) in [6.45, 7) is 1.94. The zero-order valence-electron chi connectivity index (χ0n) is 15.6. The lowest BCUT2D eigenvalue weighted by molar-refractivity contribution is -0.163. The molecule has 0 amide bonds. The van der Waals surface area contributed by atoms with Crippen LogP contribution in [0, 0.1) is 34.0 Å². The second-order valence-electron chi connectivity index (χ2n) is 9.39. The molecule has 1 spiro atoms. The number of esters is 2. The molecule has 1 aliphatic heterocycles. The van der Waals surface area contributed by atoms with Gasteiger partial charge in [0, 0.05) is 30.2 Å². The minimum Gasteiger partial charge on any atom is -0.469 e. The fourth-order valence-corrected chi connectivity index (χ4v) is 7.51. The summed E-state index contributed by atoms with van der Waals surface area (Å²) in [7, 11) is 1.33. The Kier molecular flexibility index (Phi) is 3.10. The first-order chi connectivity index (χ1) is 12.7. The minimum atomic E-state index is -1.23. The van der Waals surface area contributed by atoms with Crippen LogP contribution < -0.4 is 5.73 Å². The normalized spacial score (nSPS) is 54.5. The van der Waals surface area contributed by atoms with Gasteiger partial charge in [-0.1, -0.05) is 6.08 Å². The van der Waals surface area contributed by atoms with Crippen LogP contribution in [-0.2, 0) is 23.9 Å². The van der Waals surface area contributed by atoms with Crippen molar-refractivity contribution in [2.24, 2.45) is 39.7 Å². The maximum Gasteiger partial charge on any atom is 0.316 e. The number of aliphatic hydroxyl groups is 1. The van der Waals surface area contributed by atoms with Gasteiger partial charge in [-0.05, 0) is 37.7 Å². The van der Waals surface area contributed by atoms with E-state index in [0.717, 1.165) is 0 Å². The second-order valence-corrected chi connectivity index (χ2v) is 9.39. The van der Waals surface area contributed by atoms with Crippen LogP contribution in [0.1, 0.15) is 32.6 Å². The first-order valence-corrected chi connectivity index (χ1v) is 9.64. The van der Waals surface area contributed by atoms with Crippen molar-refractivity contribution in [3.8, 4) is 0 Å². The van der Waals surface area contributed by atoms with Gasteiger partial charge in [-0.15, -0.1) is 0 Å². The third-order valence-electron chi connectivity index (χ3n) is 8.69. The molecular formula is C20H25NO6. The van der Waals surface area contributed by atoms with Gasteiger partial charge < -0.3 is 20.3 Å². The van der Waals surface area contributed by atoms with Crippen LogP contribution >= 0.6 is 0 Å². The number of hydrogen-bond donors (Lipinski definition) is 2. The highest BCUT2D eigenvalue weighted by Crippen LogP contribution is 2.77. The Morgan fingerprint density at radius 3 is 2.85 bits per heavy atom. The lowest BCUT2D eigenvalue weighted by atomic mass is 9.59. The van der Waals surface area contributed by atoms with Gasteiger partial charge in [0.15, 0.2) is 0 Å². The van der Waals surface area contributed by atoms with Crippen LogP contribution in [0.4, 0.5) is 0 Å². The number of methoxy groups -OCH3 is 1. The molecule has 8 atom stereocenters. The first kappa shape index (κ1) is 17.4. The first-order valence-electron chi connectivity index (χ1n) is 9.64. The van der Waals surface area contributed by atoms with Crippen LogP contribution in [0.15, 0.2) is 12.2 Å². The van der Waals surface area contributed by atoms with Gasteiger partial charge in [0.2, 0.25) is 0 Å². The zero-order chi connectivity index (χ0) is 19.4. The molecule has 27 heavy (non-hydrogen) atoms. The molecule has 146 valence electrons. The molecule has 0 aromatic heterocycles. The fourth-order valence-electron chi connectivity index (χ4n) is 7.51. The summed E-state index contributed by atoms with van der Waals surface area (Å²) >= 11 is 0. The van der Waals surface area contributed by atoms with Crippen LogP contribution in [0.25, 0.3) is 0 Å². The number of Topliss-reactive ketones (excluding diaryl/α,β-unsaturated/α-hetero) is 1. The third-order valence-corrected chi connectivity index (χ3v) is 8.69. The van der Waals surface area contributed by atoms with Crippen molar-refractivity contribution in [1.29, 1.82) is 0 Å². The van der Waals surface area contributed by atoms with Gasteiger partial charge in [-0.2, -0.15) is 0 Å². The highest BCUT2D eigenvalue weighted by atomic mass is 16.6. The topological polar surface area (TPSA) is 116 Å². The lowest BCUT2D eigenvalue weighted by Crippen LogP contribution is -2.51.